The molecule has 4 fully saturated rings. The predicted octanol–water partition coefficient (Wildman–Crippen LogP) is 2.97. The molecule has 4 aliphatic rings. The fourth-order valence-corrected chi connectivity index (χ4v) is 7.59. The second-order valence-electron chi connectivity index (χ2n) is 10.5. The van der Waals surface area contributed by atoms with Crippen LogP contribution < -0.4 is 4.72 Å². The van der Waals surface area contributed by atoms with Gasteiger partial charge in [0.15, 0.2) is 0 Å². The lowest BCUT2D eigenvalue weighted by Crippen LogP contribution is -2.55. The van der Waals surface area contributed by atoms with Crippen molar-refractivity contribution in [3.63, 3.8) is 0 Å². The summed E-state index contributed by atoms with van der Waals surface area (Å²) < 4.78 is 36.8. The summed E-state index contributed by atoms with van der Waals surface area (Å²) in [6.45, 7) is 2.35. The second-order valence-corrected chi connectivity index (χ2v) is 12.2. The molecular weight excluding hydrogens is 462 g/mol. The number of benzene rings is 2. The van der Waals surface area contributed by atoms with Crippen molar-refractivity contribution in [1.29, 1.82) is 0 Å². The van der Waals surface area contributed by atoms with E-state index < -0.39 is 16.3 Å². The lowest BCUT2D eigenvalue weighted by molar-refractivity contribution is -0.157. The number of hydrogen-bond donors (Lipinski definition) is 1. The molecule has 1 saturated carbocycles. The van der Waals surface area contributed by atoms with Crippen LogP contribution in [-0.4, -0.2) is 68.0 Å². The molecule has 6 rings (SSSR count). The Hall–Kier alpha value is -2.26. The van der Waals surface area contributed by atoms with Crippen LogP contribution in [0.2, 0.25) is 0 Å². The van der Waals surface area contributed by atoms with Gasteiger partial charge in [-0.1, -0.05) is 54.6 Å². The summed E-state index contributed by atoms with van der Waals surface area (Å²) in [5.74, 6) is 0.00890. The Morgan fingerprint density at radius 1 is 1.03 bits per heavy atom. The van der Waals surface area contributed by atoms with Crippen molar-refractivity contribution in [3.8, 4) is 11.1 Å². The van der Waals surface area contributed by atoms with E-state index in [4.69, 9.17) is 4.74 Å². The molecule has 1 unspecified atom stereocenters. The Labute approximate surface area is 207 Å². The minimum absolute atomic E-state index is 0.00890. The molecule has 0 aromatic heterocycles. The number of carbonyl (C=O) groups excluding carboxylic acids is 1. The van der Waals surface area contributed by atoms with E-state index in [2.05, 4.69) is 35.1 Å². The van der Waals surface area contributed by atoms with Crippen molar-refractivity contribution in [1.82, 2.24) is 13.9 Å². The van der Waals surface area contributed by atoms with Gasteiger partial charge in [-0.2, -0.15) is 17.4 Å². The molecule has 1 N–H and O–H groups in total. The zero-order valence-corrected chi connectivity index (χ0v) is 20.8. The third kappa shape index (κ3) is 4.42. The van der Waals surface area contributed by atoms with E-state index in [1.165, 1.54) is 0 Å². The second kappa shape index (κ2) is 9.00. The zero-order valence-electron chi connectivity index (χ0n) is 19.9. The number of likely N-dealkylation sites (tertiary alicyclic amines) is 1. The number of amides is 1. The molecule has 1 amide bonds. The van der Waals surface area contributed by atoms with E-state index in [0.29, 0.717) is 32.7 Å². The SMILES string of the molecule is O=C(C1CCO1)N1CC2(CC2)[C@H](NS(=O)(=O)N2CCCC2)[C@@H]1Cc1cccc(-c2ccccc2)c1. The Bertz CT molecular complexity index is 1190. The quantitative estimate of drug-likeness (QED) is 0.641. The third-order valence-corrected chi connectivity index (χ3v) is 9.84. The lowest BCUT2D eigenvalue weighted by atomic mass is 9.91. The first kappa shape index (κ1) is 23.2. The molecule has 0 radical (unpaired) electrons. The Morgan fingerprint density at radius 2 is 1.74 bits per heavy atom. The van der Waals surface area contributed by atoms with E-state index in [1.54, 1.807) is 4.31 Å². The van der Waals surface area contributed by atoms with Gasteiger partial charge in [0.05, 0.1) is 18.7 Å². The number of carbonyl (C=O) groups is 1. The number of hydrogen-bond acceptors (Lipinski definition) is 4. The van der Waals surface area contributed by atoms with Crippen molar-refractivity contribution in [2.75, 3.05) is 26.2 Å². The van der Waals surface area contributed by atoms with Crippen LogP contribution in [-0.2, 0) is 26.2 Å². The maximum atomic E-state index is 13.4. The zero-order chi connectivity index (χ0) is 24.0. The van der Waals surface area contributed by atoms with Gasteiger partial charge in [0.25, 0.3) is 16.1 Å². The van der Waals surface area contributed by atoms with Gasteiger partial charge < -0.3 is 9.64 Å². The first-order valence-corrected chi connectivity index (χ1v) is 14.2. The lowest BCUT2D eigenvalue weighted by Gasteiger charge is -2.35. The molecule has 2 aromatic carbocycles. The molecular formula is C27H33N3O4S. The monoisotopic (exact) mass is 495 g/mol. The van der Waals surface area contributed by atoms with Gasteiger partial charge in [-0.25, -0.2) is 0 Å². The van der Waals surface area contributed by atoms with Gasteiger partial charge in [-0.3, -0.25) is 4.79 Å². The molecule has 3 saturated heterocycles. The van der Waals surface area contributed by atoms with Crippen molar-refractivity contribution >= 4 is 16.1 Å². The van der Waals surface area contributed by atoms with Gasteiger partial charge in [0, 0.05) is 31.5 Å². The van der Waals surface area contributed by atoms with Gasteiger partial charge in [-0.05, 0) is 48.8 Å². The summed E-state index contributed by atoms with van der Waals surface area (Å²) in [6.07, 6.45) is 4.63. The summed E-state index contributed by atoms with van der Waals surface area (Å²) in [5, 5.41) is 0. The van der Waals surface area contributed by atoms with E-state index in [1.807, 2.05) is 29.2 Å². The van der Waals surface area contributed by atoms with Crippen molar-refractivity contribution in [2.45, 2.75) is 56.7 Å². The normalized spacial score (nSPS) is 27.8. The molecule has 7 nitrogen and oxygen atoms in total. The predicted molar refractivity (Wildman–Crippen MR) is 134 cm³/mol. The molecule has 3 atom stereocenters. The first-order chi connectivity index (χ1) is 17.0. The van der Waals surface area contributed by atoms with Crippen LogP contribution in [0.3, 0.4) is 0 Å². The molecule has 3 heterocycles. The average Bonchev–Trinajstić information content (AvgIpc) is 3.26. The van der Waals surface area contributed by atoms with Crippen LogP contribution >= 0.6 is 0 Å². The topological polar surface area (TPSA) is 79.0 Å². The van der Waals surface area contributed by atoms with Crippen LogP contribution in [0.15, 0.2) is 54.6 Å². The molecule has 35 heavy (non-hydrogen) atoms. The maximum absolute atomic E-state index is 13.4. The van der Waals surface area contributed by atoms with E-state index in [9.17, 15) is 13.2 Å². The van der Waals surface area contributed by atoms with Crippen LogP contribution in [0.25, 0.3) is 11.1 Å². The van der Waals surface area contributed by atoms with Gasteiger partial charge in [-0.15, -0.1) is 0 Å². The van der Waals surface area contributed by atoms with E-state index in [-0.39, 0.29) is 23.4 Å². The highest BCUT2D eigenvalue weighted by Crippen LogP contribution is 2.56. The summed E-state index contributed by atoms with van der Waals surface area (Å²) in [6, 6.07) is 18.1. The number of ether oxygens (including phenoxy) is 1. The maximum Gasteiger partial charge on any atom is 0.279 e. The van der Waals surface area contributed by atoms with Crippen LogP contribution in [0.5, 0.6) is 0 Å². The standard InChI is InChI=1S/C27H33N3O4S/c31-26(24-11-16-34-24)30-19-27(12-13-27)25(28-35(32,33)29-14-4-5-15-29)23(30)18-20-7-6-10-22(17-20)21-8-2-1-3-9-21/h1-3,6-10,17,23-25,28H,4-5,11-16,18-19H2/t23-,24?,25+/m0/s1. The third-order valence-electron chi connectivity index (χ3n) is 8.24. The Morgan fingerprint density at radius 3 is 2.40 bits per heavy atom. The Kier molecular flexibility index (Phi) is 5.95. The molecule has 8 heteroatoms. The fraction of sp³-hybridized carbons (Fsp3) is 0.519. The molecule has 1 aliphatic carbocycles. The summed E-state index contributed by atoms with van der Waals surface area (Å²) >= 11 is 0. The molecule has 0 bridgehead atoms. The van der Waals surface area contributed by atoms with Crippen molar-refractivity contribution < 1.29 is 17.9 Å². The van der Waals surface area contributed by atoms with E-state index in [0.717, 1.165) is 48.8 Å². The largest absolute Gasteiger partial charge is 0.368 e. The van der Waals surface area contributed by atoms with Crippen LogP contribution in [0.4, 0.5) is 0 Å². The highest BCUT2D eigenvalue weighted by molar-refractivity contribution is 7.87. The molecule has 186 valence electrons. The molecule has 2 aromatic rings. The smallest absolute Gasteiger partial charge is 0.279 e. The van der Waals surface area contributed by atoms with E-state index >= 15 is 0 Å². The van der Waals surface area contributed by atoms with Crippen LogP contribution in [0, 0.1) is 5.41 Å². The fourth-order valence-electron chi connectivity index (χ4n) is 5.97. The number of nitrogens with zero attached hydrogens (tertiary/aromatic N) is 2. The summed E-state index contributed by atoms with van der Waals surface area (Å²) in [5.41, 5.74) is 3.19. The number of rotatable bonds is 7. The first-order valence-electron chi connectivity index (χ1n) is 12.8. The Balaban J connectivity index is 1.31. The minimum atomic E-state index is -3.60. The van der Waals surface area contributed by atoms with Gasteiger partial charge in [0.2, 0.25) is 0 Å². The summed E-state index contributed by atoms with van der Waals surface area (Å²) in [4.78, 5) is 15.3. The van der Waals surface area contributed by atoms with Gasteiger partial charge >= 0.3 is 0 Å². The summed E-state index contributed by atoms with van der Waals surface area (Å²) in [7, 11) is -3.60. The number of nitrogens with one attached hydrogen (secondary N) is 1. The average molecular weight is 496 g/mol. The highest BCUT2D eigenvalue weighted by Gasteiger charge is 2.62. The van der Waals surface area contributed by atoms with Crippen molar-refractivity contribution in [3.05, 3.63) is 60.2 Å². The van der Waals surface area contributed by atoms with Crippen molar-refractivity contribution in [2.24, 2.45) is 5.41 Å². The van der Waals surface area contributed by atoms with Gasteiger partial charge in [0.1, 0.15) is 6.10 Å². The molecule has 3 aliphatic heterocycles. The molecule has 1 spiro atoms. The van der Waals surface area contributed by atoms with Crippen LogP contribution in [0.1, 0.15) is 37.7 Å². The minimum Gasteiger partial charge on any atom is -0.368 e. The highest BCUT2D eigenvalue weighted by atomic mass is 32.2.